The van der Waals surface area contributed by atoms with Crippen molar-refractivity contribution in [2.45, 2.75) is 25.7 Å². The molecule has 2 heterocycles. The fourth-order valence-electron chi connectivity index (χ4n) is 2.59. The maximum absolute atomic E-state index is 12.0. The van der Waals surface area contributed by atoms with Crippen LogP contribution in [0.3, 0.4) is 0 Å². The molecule has 0 saturated carbocycles. The Hall–Kier alpha value is -2.31. The van der Waals surface area contributed by atoms with Gasteiger partial charge in [0.25, 0.3) is 5.56 Å². The van der Waals surface area contributed by atoms with Gasteiger partial charge in [-0.1, -0.05) is 24.6 Å². The Morgan fingerprint density at radius 1 is 1.28 bits per heavy atom. The van der Waals surface area contributed by atoms with Crippen molar-refractivity contribution >= 4 is 24.3 Å². The van der Waals surface area contributed by atoms with Crippen LogP contribution in [0.2, 0.25) is 5.02 Å². The lowest BCUT2D eigenvalue weighted by atomic mass is 10.1. The lowest BCUT2D eigenvalue weighted by Gasteiger charge is -2.17. The number of aliphatic hydroxyl groups excluding tert-OH is 1. The number of hydrogen-bond acceptors (Lipinski definition) is 5. The van der Waals surface area contributed by atoms with Crippen LogP contribution in [0.1, 0.15) is 31.2 Å². The van der Waals surface area contributed by atoms with Crippen molar-refractivity contribution in [3.8, 4) is 17.4 Å². The normalized spacial score (nSPS) is 11.9. The standard InChI is InChI=1S/C18H19ClN2O4/c1-11-20-17(23)13-10-12-6-7-14(24-9-5-3-2-4-8-22)15(19)16(12)25-18(13)21-11/h6-7,10,22H,1-5,8-9H2,(H,20,23). The second-order valence-corrected chi connectivity index (χ2v) is 6.14. The van der Waals surface area contributed by atoms with E-state index in [9.17, 15) is 4.79 Å². The van der Waals surface area contributed by atoms with Crippen LogP contribution >= 0.6 is 11.6 Å². The highest BCUT2D eigenvalue weighted by Gasteiger charge is 2.20. The van der Waals surface area contributed by atoms with Crippen molar-refractivity contribution in [1.29, 1.82) is 0 Å². The number of nitrogens with one attached hydrogen (secondary N) is 1. The Morgan fingerprint density at radius 2 is 2.08 bits per heavy atom. The van der Waals surface area contributed by atoms with Crippen LogP contribution in [0.4, 0.5) is 0 Å². The molecule has 132 valence electrons. The van der Waals surface area contributed by atoms with E-state index < -0.39 is 0 Å². The highest BCUT2D eigenvalue weighted by molar-refractivity contribution is 6.33. The van der Waals surface area contributed by atoms with Gasteiger partial charge >= 0.3 is 0 Å². The number of aromatic amines is 1. The lowest BCUT2D eigenvalue weighted by molar-refractivity contribution is 0.273. The van der Waals surface area contributed by atoms with Crippen LogP contribution in [0.15, 0.2) is 16.9 Å². The summed E-state index contributed by atoms with van der Waals surface area (Å²) in [6, 6.07) is 3.56. The summed E-state index contributed by atoms with van der Waals surface area (Å²) in [6.45, 7) is 4.38. The molecule has 0 fully saturated rings. The Morgan fingerprint density at radius 3 is 2.88 bits per heavy atom. The summed E-state index contributed by atoms with van der Waals surface area (Å²) in [4.78, 5) is 18.6. The topological polar surface area (TPSA) is 84.4 Å². The highest BCUT2D eigenvalue weighted by Crippen LogP contribution is 2.40. The molecule has 1 aliphatic heterocycles. The van der Waals surface area contributed by atoms with E-state index in [-0.39, 0.29) is 23.5 Å². The minimum atomic E-state index is -0.306. The van der Waals surface area contributed by atoms with E-state index in [4.69, 9.17) is 26.2 Å². The van der Waals surface area contributed by atoms with Crippen LogP contribution in [-0.4, -0.2) is 28.3 Å². The summed E-state index contributed by atoms with van der Waals surface area (Å²) < 4.78 is 11.5. The summed E-state index contributed by atoms with van der Waals surface area (Å²) >= 11 is 6.40. The van der Waals surface area contributed by atoms with Gasteiger partial charge in [0.1, 0.15) is 21.5 Å². The average molecular weight is 363 g/mol. The van der Waals surface area contributed by atoms with Crippen molar-refractivity contribution < 1.29 is 14.6 Å². The predicted octanol–water partition coefficient (Wildman–Crippen LogP) is 1.70. The Bertz CT molecular complexity index is 939. The number of nitrogens with zero attached hydrogens (tertiary/aromatic N) is 1. The third-order valence-corrected chi connectivity index (χ3v) is 4.23. The van der Waals surface area contributed by atoms with Crippen molar-refractivity contribution in [2.24, 2.45) is 0 Å². The first-order valence-electron chi connectivity index (χ1n) is 8.15. The number of rotatable bonds is 7. The zero-order valence-electron chi connectivity index (χ0n) is 13.7. The second kappa shape index (κ2) is 7.72. The number of aromatic nitrogens is 2. The van der Waals surface area contributed by atoms with Gasteiger partial charge in [-0.15, -0.1) is 0 Å². The van der Waals surface area contributed by atoms with Gasteiger partial charge < -0.3 is 19.6 Å². The first kappa shape index (κ1) is 17.5. The van der Waals surface area contributed by atoms with Crippen LogP contribution in [0.25, 0.3) is 12.7 Å². The minimum Gasteiger partial charge on any atom is -0.492 e. The number of aliphatic hydroxyl groups is 1. The number of ether oxygens (including phenoxy) is 2. The molecule has 0 aliphatic carbocycles. The molecule has 1 aromatic carbocycles. The molecule has 0 spiro atoms. The number of benzene rings is 1. The monoisotopic (exact) mass is 362 g/mol. The molecule has 2 N–H and O–H groups in total. The maximum atomic E-state index is 12.0. The minimum absolute atomic E-state index is 0.185. The molecule has 3 rings (SSSR count). The zero-order chi connectivity index (χ0) is 17.8. The van der Waals surface area contributed by atoms with E-state index in [1.807, 2.05) is 0 Å². The molecule has 2 aromatic rings. The average Bonchev–Trinajstić information content (AvgIpc) is 2.59. The van der Waals surface area contributed by atoms with E-state index in [1.54, 1.807) is 18.2 Å². The summed E-state index contributed by atoms with van der Waals surface area (Å²) in [6.07, 6.45) is 5.33. The first-order chi connectivity index (χ1) is 12.1. The smallest absolute Gasteiger partial charge is 0.262 e. The molecule has 1 aromatic heterocycles. The second-order valence-electron chi connectivity index (χ2n) is 5.76. The Kier molecular flexibility index (Phi) is 5.40. The summed E-state index contributed by atoms with van der Waals surface area (Å²) in [5.74, 6) is 1.13. The molecule has 1 aliphatic rings. The van der Waals surface area contributed by atoms with E-state index in [0.29, 0.717) is 33.9 Å². The van der Waals surface area contributed by atoms with Crippen molar-refractivity contribution in [3.05, 3.63) is 43.8 Å². The predicted molar refractivity (Wildman–Crippen MR) is 95.8 cm³/mol. The molecular formula is C18H19ClN2O4. The van der Waals surface area contributed by atoms with Gasteiger partial charge in [0, 0.05) is 12.2 Å². The van der Waals surface area contributed by atoms with Crippen LogP contribution < -0.4 is 25.7 Å². The molecule has 6 nitrogen and oxygen atoms in total. The van der Waals surface area contributed by atoms with Gasteiger partial charge in [0.05, 0.1) is 6.61 Å². The fraction of sp³-hybridized carbons (Fsp3) is 0.333. The SMILES string of the molecule is C=c1nc2c(c(=O)[nH]1)=Cc1ccc(OCCCCCCO)c(Cl)c1O2. The summed E-state index contributed by atoms with van der Waals surface area (Å²) in [5.41, 5.74) is 0.615. The zero-order valence-corrected chi connectivity index (χ0v) is 14.4. The number of unbranched alkanes of at least 4 members (excludes halogenated alkanes) is 3. The molecule has 0 amide bonds. The van der Waals surface area contributed by atoms with E-state index in [1.165, 1.54) is 0 Å². The Balaban J connectivity index is 1.79. The number of H-pyrrole nitrogens is 1. The van der Waals surface area contributed by atoms with Crippen molar-refractivity contribution in [2.75, 3.05) is 13.2 Å². The van der Waals surface area contributed by atoms with Crippen molar-refractivity contribution in [3.63, 3.8) is 0 Å². The number of fused-ring (bicyclic) bond motifs is 2. The van der Waals surface area contributed by atoms with Gasteiger partial charge in [0.2, 0.25) is 5.88 Å². The first-order valence-corrected chi connectivity index (χ1v) is 8.53. The van der Waals surface area contributed by atoms with Crippen molar-refractivity contribution in [1.82, 2.24) is 9.97 Å². The summed E-state index contributed by atoms with van der Waals surface area (Å²) in [7, 11) is 0. The van der Waals surface area contributed by atoms with E-state index in [0.717, 1.165) is 25.7 Å². The maximum Gasteiger partial charge on any atom is 0.262 e. The van der Waals surface area contributed by atoms with Crippen LogP contribution in [0, 0.1) is 0 Å². The van der Waals surface area contributed by atoms with Gasteiger partial charge in [-0.2, -0.15) is 4.98 Å². The molecule has 0 radical (unpaired) electrons. The molecule has 0 unspecified atom stereocenters. The van der Waals surface area contributed by atoms with Gasteiger partial charge in [-0.25, -0.2) is 0 Å². The summed E-state index contributed by atoms with van der Waals surface area (Å²) in [5, 5.41) is 9.45. The highest BCUT2D eigenvalue weighted by atomic mass is 35.5. The van der Waals surface area contributed by atoms with Crippen LogP contribution in [-0.2, 0) is 0 Å². The number of halogens is 1. The quantitative estimate of drug-likeness (QED) is 0.625. The number of hydrogen-bond donors (Lipinski definition) is 2. The molecule has 7 heteroatoms. The Labute approximate surface area is 149 Å². The van der Waals surface area contributed by atoms with Crippen LogP contribution in [0.5, 0.6) is 17.4 Å². The van der Waals surface area contributed by atoms with E-state index in [2.05, 4.69) is 16.5 Å². The van der Waals surface area contributed by atoms with E-state index >= 15 is 0 Å². The lowest BCUT2D eigenvalue weighted by Crippen LogP contribution is -2.37. The molecular weight excluding hydrogens is 344 g/mol. The molecule has 25 heavy (non-hydrogen) atoms. The molecule has 0 saturated heterocycles. The molecule has 0 bridgehead atoms. The largest absolute Gasteiger partial charge is 0.492 e. The van der Waals surface area contributed by atoms with Gasteiger partial charge in [-0.3, -0.25) is 4.79 Å². The van der Waals surface area contributed by atoms with Gasteiger partial charge in [0.15, 0.2) is 5.75 Å². The van der Waals surface area contributed by atoms with Gasteiger partial charge in [-0.05, 0) is 37.5 Å². The molecule has 0 atom stereocenters. The third-order valence-electron chi connectivity index (χ3n) is 3.87. The third kappa shape index (κ3) is 3.86. The fourth-order valence-corrected chi connectivity index (χ4v) is 2.86.